The van der Waals surface area contributed by atoms with Gasteiger partial charge in [0.1, 0.15) is 0 Å². The fourth-order valence-corrected chi connectivity index (χ4v) is 1.80. The Morgan fingerprint density at radius 2 is 2.25 bits per heavy atom. The number of nitrogens with zero attached hydrogens (tertiary/aromatic N) is 2. The molecule has 1 saturated heterocycles. The topological polar surface area (TPSA) is 72.2 Å². The maximum atomic E-state index is 5.55. The van der Waals surface area contributed by atoms with Crippen molar-refractivity contribution in [2.75, 3.05) is 38.7 Å². The normalized spacial score (nSPS) is 17.6. The second-order valence-corrected chi connectivity index (χ2v) is 3.89. The van der Waals surface area contributed by atoms with Crippen molar-refractivity contribution in [3.63, 3.8) is 0 Å². The monoisotopic (exact) mass is 226 g/mol. The summed E-state index contributed by atoms with van der Waals surface area (Å²) in [5.41, 5.74) is 0. The first-order chi connectivity index (χ1) is 7.90. The van der Waals surface area contributed by atoms with Crippen molar-refractivity contribution in [3.8, 4) is 0 Å². The van der Waals surface area contributed by atoms with Crippen LogP contribution in [0.4, 0.5) is 6.01 Å². The smallest absolute Gasteiger partial charge is 0.315 e. The van der Waals surface area contributed by atoms with Gasteiger partial charge in [-0.3, -0.25) is 0 Å². The molecule has 0 amide bonds. The van der Waals surface area contributed by atoms with Crippen LogP contribution in [0.1, 0.15) is 24.7 Å². The summed E-state index contributed by atoms with van der Waals surface area (Å²) in [6, 6.07) is 0.491. The highest BCUT2D eigenvalue weighted by molar-refractivity contribution is 5.17. The van der Waals surface area contributed by atoms with Gasteiger partial charge in [0.15, 0.2) is 0 Å². The van der Waals surface area contributed by atoms with E-state index in [2.05, 4.69) is 20.8 Å². The lowest BCUT2D eigenvalue weighted by molar-refractivity contribution is 0.210. The van der Waals surface area contributed by atoms with Crippen LogP contribution >= 0.6 is 0 Å². The van der Waals surface area contributed by atoms with Gasteiger partial charge in [-0.2, -0.15) is 0 Å². The summed E-state index contributed by atoms with van der Waals surface area (Å²) in [4.78, 5) is 0. The second-order valence-electron chi connectivity index (χ2n) is 3.89. The average Bonchev–Trinajstić information content (AvgIpc) is 2.79. The molecule has 1 fully saturated rings. The molecule has 6 nitrogen and oxygen atoms in total. The Balaban J connectivity index is 1.85. The Labute approximate surface area is 94.8 Å². The summed E-state index contributed by atoms with van der Waals surface area (Å²) in [7, 11) is 1.66. The van der Waals surface area contributed by atoms with Gasteiger partial charge in [-0.05, 0) is 25.9 Å². The SMILES string of the molecule is COCCNc1nnc(C2CCNCC2)o1. The molecule has 0 aromatic carbocycles. The maximum absolute atomic E-state index is 5.55. The molecule has 2 rings (SSSR count). The summed E-state index contributed by atoms with van der Waals surface area (Å²) >= 11 is 0. The molecule has 0 saturated carbocycles. The molecule has 90 valence electrons. The molecule has 2 N–H and O–H groups in total. The van der Waals surface area contributed by atoms with Crippen molar-refractivity contribution in [3.05, 3.63) is 5.89 Å². The quantitative estimate of drug-likeness (QED) is 0.716. The van der Waals surface area contributed by atoms with Crippen molar-refractivity contribution in [2.45, 2.75) is 18.8 Å². The Morgan fingerprint density at radius 3 is 3.00 bits per heavy atom. The minimum absolute atomic E-state index is 0.409. The van der Waals surface area contributed by atoms with Crippen LogP contribution in [-0.2, 0) is 4.74 Å². The first-order valence-corrected chi connectivity index (χ1v) is 5.67. The van der Waals surface area contributed by atoms with Crippen LogP contribution in [0, 0.1) is 0 Å². The van der Waals surface area contributed by atoms with Gasteiger partial charge in [-0.1, -0.05) is 5.10 Å². The fourth-order valence-electron chi connectivity index (χ4n) is 1.80. The molecule has 1 aromatic rings. The number of rotatable bonds is 5. The molecule has 6 heteroatoms. The van der Waals surface area contributed by atoms with Crippen LogP contribution in [0.15, 0.2) is 4.42 Å². The van der Waals surface area contributed by atoms with Crippen LogP contribution < -0.4 is 10.6 Å². The zero-order valence-electron chi connectivity index (χ0n) is 9.53. The van der Waals surface area contributed by atoms with Gasteiger partial charge in [-0.25, -0.2) is 0 Å². The summed E-state index contributed by atoms with van der Waals surface area (Å²) in [6.07, 6.45) is 2.14. The first-order valence-electron chi connectivity index (χ1n) is 5.67. The Kier molecular flexibility index (Phi) is 4.12. The molecule has 1 aliphatic heterocycles. The molecule has 0 unspecified atom stereocenters. The van der Waals surface area contributed by atoms with Crippen LogP contribution in [0.25, 0.3) is 0 Å². The van der Waals surface area contributed by atoms with Crippen LogP contribution in [0.5, 0.6) is 0 Å². The summed E-state index contributed by atoms with van der Waals surface area (Å²) in [6.45, 7) is 3.37. The highest BCUT2D eigenvalue weighted by atomic mass is 16.5. The van der Waals surface area contributed by atoms with E-state index in [9.17, 15) is 0 Å². The lowest BCUT2D eigenvalue weighted by atomic mass is 9.98. The Hall–Kier alpha value is -1.14. The number of nitrogens with one attached hydrogen (secondary N) is 2. The maximum Gasteiger partial charge on any atom is 0.315 e. The van der Waals surface area contributed by atoms with E-state index in [1.165, 1.54) is 0 Å². The van der Waals surface area contributed by atoms with Crippen LogP contribution in [-0.4, -0.2) is 43.5 Å². The number of anilines is 1. The predicted octanol–water partition coefficient (Wildman–Crippen LogP) is 0.595. The highest BCUT2D eigenvalue weighted by Crippen LogP contribution is 2.24. The minimum Gasteiger partial charge on any atom is -0.408 e. The van der Waals surface area contributed by atoms with E-state index < -0.39 is 0 Å². The third-order valence-electron chi connectivity index (χ3n) is 2.71. The Morgan fingerprint density at radius 1 is 1.44 bits per heavy atom. The molecule has 0 radical (unpaired) electrons. The zero-order valence-corrected chi connectivity index (χ0v) is 9.53. The minimum atomic E-state index is 0.409. The molecular formula is C10H18N4O2. The standard InChI is InChI=1S/C10H18N4O2/c1-15-7-6-12-10-14-13-9(16-10)8-2-4-11-5-3-8/h8,11H,2-7H2,1H3,(H,12,14). The van der Waals surface area contributed by atoms with Gasteiger partial charge in [0.05, 0.1) is 6.61 Å². The number of ether oxygens (including phenoxy) is 1. The van der Waals surface area contributed by atoms with E-state index in [4.69, 9.17) is 9.15 Å². The van der Waals surface area contributed by atoms with Crippen molar-refractivity contribution in [1.82, 2.24) is 15.5 Å². The van der Waals surface area contributed by atoms with Crippen molar-refractivity contribution in [1.29, 1.82) is 0 Å². The first kappa shape index (κ1) is 11.3. The van der Waals surface area contributed by atoms with E-state index in [-0.39, 0.29) is 0 Å². The third-order valence-corrected chi connectivity index (χ3v) is 2.71. The Bertz CT molecular complexity index is 310. The molecule has 1 aliphatic rings. The van der Waals surface area contributed by atoms with Gasteiger partial charge in [0.25, 0.3) is 0 Å². The van der Waals surface area contributed by atoms with Gasteiger partial charge in [-0.15, -0.1) is 5.10 Å². The zero-order chi connectivity index (χ0) is 11.2. The van der Waals surface area contributed by atoms with Gasteiger partial charge in [0.2, 0.25) is 5.89 Å². The van der Waals surface area contributed by atoms with E-state index in [1.54, 1.807) is 7.11 Å². The molecule has 0 aliphatic carbocycles. The van der Waals surface area contributed by atoms with Gasteiger partial charge >= 0.3 is 6.01 Å². The fraction of sp³-hybridized carbons (Fsp3) is 0.800. The predicted molar refractivity (Wildman–Crippen MR) is 59.5 cm³/mol. The third kappa shape index (κ3) is 2.93. The largest absolute Gasteiger partial charge is 0.408 e. The highest BCUT2D eigenvalue weighted by Gasteiger charge is 2.20. The molecule has 0 atom stereocenters. The summed E-state index contributed by atoms with van der Waals surface area (Å²) < 4.78 is 10.5. The molecule has 0 spiro atoms. The number of hydrogen-bond acceptors (Lipinski definition) is 6. The lowest BCUT2D eigenvalue weighted by Crippen LogP contribution is -2.26. The van der Waals surface area contributed by atoms with Crippen molar-refractivity contribution >= 4 is 6.01 Å². The molecule has 16 heavy (non-hydrogen) atoms. The number of hydrogen-bond donors (Lipinski definition) is 2. The van der Waals surface area contributed by atoms with Gasteiger partial charge in [0, 0.05) is 19.6 Å². The summed E-state index contributed by atoms with van der Waals surface area (Å²) in [5, 5.41) is 14.4. The summed E-state index contributed by atoms with van der Waals surface area (Å²) in [5.74, 6) is 1.16. The number of aromatic nitrogens is 2. The number of methoxy groups -OCH3 is 1. The van der Waals surface area contributed by atoms with Crippen LogP contribution in [0.3, 0.4) is 0 Å². The van der Waals surface area contributed by atoms with E-state index in [1.807, 2.05) is 0 Å². The second kappa shape index (κ2) is 5.81. The van der Waals surface area contributed by atoms with Crippen LogP contribution in [0.2, 0.25) is 0 Å². The van der Waals surface area contributed by atoms with E-state index >= 15 is 0 Å². The lowest BCUT2D eigenvalue weighted by Gasteiger charge is -2.18. The molecule has 0 bridgehead atoms. The van der Waals surface area contributed by atoms with E-state index in [0.29, 0.717) is 25.1 Å². The average molecular weight is 226 g/mol. The molecular weight excluding hydrogens is 208 g/mol. The van der Waals surface area contributed by atoms with Crippen molar-refractivity contribution < 1.29 is 9.15 Å². The van der Waals surface area contributed by atoms with Gasteiger partial charge < -0.3 is 19.8 Å². The van der Waals surface area contributed by atoms with Crippen molar-refractivity contribution in [2.24, 2.45) is 0 Å². The molecule has 1 aromatic heterocycles. The molecule has 2 heterocycles. The van der Waals surface area contributed by atoms with E-state index in [0.717, 1.165) is 31.8 Å². The number of piperidine rings is 1.